The second-order valence-electron chi connectivity index (χ2n) is 10.9. The smallest absolute Gasteiger partial charge is 0.475 e. The second-order valence-corrected chi connectivity index (χ2v) is 12.0. The largest absolute Gasteiger partial charge is 0.490 e. The molecule has 0 aromatic carbocycles. The molecule has 2 aromatic heterocycles. The number of aliphatic carboxylic acids is 2. The minimum Gasteiger partial charge on any atom is -0.475 e. The number of likely N-dealkylation sites (tertiary alicyclic amines) is 1. The van der Waals surface area contributed by atoms with E-state index >= 15 is 0 Å². The lowest BCUT2D eigenvalue weighted by atomic mass is 9.83. The van der Waals surface area contributed by atoms with E-state index in [9.17, 15) is 31.1 Å². The SMILES string of the molecule is CCN1CCN(C(=O)c2nnc3n2CCN(C)C32CCN(Cc3csc(C)n3)CC2)CC1.O=C(O)C(F)(F)F.O=C(O)C(F)(F)F. The number of aryl methyl sites for hydroxylation is 1. The molecule has 2 aromatic rings. The number of piperidine rings is 1. The van der Waals surface area contributed by atoms with Crippen LogP contribution >= 0.6 is 11.3 Å². The number of piperazine rings is 1. The first kappa shape index (κ1) is 37.1. The van der Waals surface area contributed by atoms with Crippen molar-refractivity contribution in [3.8, 4) is 0 Å². The number of carboxylic acid groups (broad SMARTS) is 2. The molecule has 0 radical (unpaired) electrons. The van der Waals surface area contributed by atoms with Crippen molar-refractivity contribution in [2.75, 3.05) is 59.4 Å². The lowest BCUT2D eigenvalue weighted by Gasteiger charge is -2.49. The van der Waals surface area contributed by atoms with E-state index in [2.05, 4.69) is 60.7 Å². The number of carbonyl (C=O) groups is 3. The van der Waals surface area contributed by atoms with Crippen LogP contribution in [0.2, 0.25) is 0 Å². The quantitative estimate of drug-likeness (QED) is 0.458. The summed E-state index contributed by atoms with van der Waals surface area (Å²) in [6.07, 6.45) is -8.18. The van der Waals surface area contributed by atoms with Crippen LogP contribution in [0.5, 0.6) is 0 Å². The maximum Gasteiger partial charge on any atom is 0.490 e. The molecular weight excluding hydrogens is 650 g/mol. The first-order valence-electron chi connectivity index (χ1n) is 14.3. The molecule has 13 nitrogen and oxygen atoms in total. The summed E-state index contributed by atoms with van der Waals surface area (Å²) in [5.74, 6) is -3.97. The number of rotatable bonds is 4. The minimum absolute atomic E-state index is 0.0375. The van der Waals surface area contributed by atoms with Gasteiger partial charge in [-0.25, -0.2) is 14.6 Å². The molecule has 0 bridgehead atoms. The molecule has 20 heteroatoms. The molecule has 2 fully saturated rings. The molecule has 3 aliphatic rings. The van der Waals surface area contributed by atoms with Gasteiger partial charge >= 0.3 is 24.3 Å². The number of alkyl halides is 6. The van der Waals surface area contributed by atoms with Crippen LogP contribution in [-0.4, -0.2) is 139 Å². The van der Waals surface area contributed by atoms with Crippen molar-refractivity contribution in [1.29, 1.82) is 0 Å². The molecule has 5 rings (SSSR count). The number of hydrogen-bond donors (Lipinski definition) is 2. The van der Waals surface area contributed by atoms with Crippen LogP contribution in [-0.2, 0) is 28.2 Å². The van der Waals surface area contributed by atoms with Crippen molar-refractivity contribution >= 4 is 29.2 Å². The van der Waals surface area contributed by atoms with E-state index in [1.165, 1.54) is 5.69 Å². The highest BCUT2D eigenvalue weighted by Gasteiger charge is 2.47. The maximum atomic E-state index is 13.3. The fourth-order valence-electron chi connectivity index (χ4n) is 5.46. The Balaban J connectivity index is 0.000000345. The molecule has 3 aliphatic heterocycles. The standard InChI is InChI=1S/C22H34N8OS.2C2HF3O2/c1-4-27-10-12-29(13-11-27)20(31)19-24-25-21-22(26(3)9-14-30(19)21)5-7-28(8-6-22)15-18-16-32-17(2)23-18;2*3-2(4,5)1(6)7/h16H,4-15H2,1-3H3;2*(H,6,7). The van der Waals surface area contributed by atoms with Gasteiger partial charge < -0.3 is 24.6 Å². The summed E-state index contributed by atoms with van der Waals surface area (Å²) in [5.41, 5.74) is 1.03. The van der Waals surface area contributed by atoms with E-state index in [-0.39, 0.29) is 11.4 Å². The molecule has 258 valence electrons. The molecule has 0 saturated carbocycles. The van der Waals surface area contributed by atoms with E-state index < -0.39 is 24.3 Å². The van der Waals surface area contributed by atoms with Gasteiger partial charge in [-0.3, -0.25) is 14.6 Å². The zero-order chi connectivity index (χ0) is 34.4. The van der Waals surface area contributed by atoms with E-state index in [0.29, 0.717) is 5.82 Å². The topological polar surface area (TPSA) is 148 Å². The van der Waals surface area contributed by atoms with Gasteiger partial charge in [-0.2, -0.15) is 26.3 Å². The highest BCUT2D eigenvalue weighted by atomic mass is 32.1. The van der Waals surface area contributed by atoms with Gasteiger partial charge in [-0.15, -0.1) is 21.5 Å². The van der Waals surface area contributed by atoms with Gasteiger partial charge in [0.1, 0.15) is 0 Å². The average molecular weight is 687 g/mol. The number of aromatic nitrogens is 4. The van der Waals surface area contributed by atoms with Gasteiger partial charge in [0.15, 0.2) is 5.82 Å². The average Bonchev–Trinajstić information content (AvgIpc) is 3.62. The van der Waals surface area contributed by atoms with Crippen LogP contribution < -0.4 is 0 Å². The van der Waals surface area contributed by atoms with E-state index in [1.54, 1.807) is 11.3 Å². The zero-order valence-corrected chi connectivity index (χ0v) is 26.3. The summed E-state index contributed by atoms with van der Waals surface area (Å²) in [6, 6.07) is 0. The van der Waals surface area contributed by atoms with E-state index in [0.717, 1.165) is 89.1 Å². The second kappa shape index (κ2) is 15.0. The van der Waals surface area contributed by atoms with Gasteiger partial charge in [0.2, 0.25) is 5.82 Å². The number of thiazole rings is 1. The molecule has 1 spiro atoms. The first-order chi connectivity index (χ1) is 21.4. The lowest BCUT2D eigenvalue weighted by molar-refractivity contribution is -0.193. The molecule has 2 N–H and O–H groups in total. The van der Waals surface area contributed by atoms with Crippen LogP contribution in [0.15, 0.2) is 5.38 Å². The first-order valence-corrected chi connectivity index (χ1v) is 15.2. The summed E-state index contributed by atoms with van der Waals surface area (Å²) in [5, 5.41) is 26.6. The van der Waals surface area contributed by atoms with Crippen molar-refractivity contribution in [3.63, 3.8) is 0 Å². The third-order valence-corrected chi connectivity index (χ3v) is 8.90. The number of hydrogen-bond acceptors (Lipinski definition) is 10. The van der Waals surface area contributed by atoms with Gasteiger partial charge in [0.05, 0.1) is 16.2 Å². The molecule has 46 heavy (non-hydrogen) atoms. The fourth-order valence-corrected chi connectivity index (χ4v) is 6.06. The molecular formula is C26H36F6N8O5S. The number of fused-ring (bicyclic) bond motifs is 2. The number of carboxylic acids is 2. The Hall–Kier alpha value is -3.36. The minimum atomic E-state index is -5.08. The molecule has 1 amide bonds. The third kappa shape index (κ3) is 9.13. The van der Waals surface area contributed by atoms with Crippen LogP contribution in [0.25, 0.3) is 0 Å². The molecule has 2 saturated heterocycles. The van der Waals surface area contributed by atoms with Crippen molar-refractivity contribution in [2.24, 2.45) is 0 Å². The van der Waals surface area contributed by atoms with E-state index in [1.807, 2.05) is 4.90 Å². The molecule has 0 atom stereocenters. The summed E-state index contributed by atoms with van der Waals surface area (Å²) >= 11 is 1.72. The van der Waals surface area contributed by atoms with Crippen LogP contribution in [0, 0.1) is 6.92 Å². The Morgan fingerprint density at radius 3 is 1.87 bits per heavy atom. The van der Waals surface area contributed by atoms with Crippen molar-refractivity contribution in [2.45, 2.75) is 57.7 Å². The summed E-state index contributed by atoms with van der Waals surface area (Å²) in [4.78, 5) is 45.0. The number of nitrogens with zero attached hydrogens (tertiary/aromatic N) is 8. The normalized spacial score (nSPS) is 19.0. The Bertz CT molecular complexity index is 1330. The van der Waals surface area contributed by atoms with Gasteiger partial charge in [0, 0.05) is 64.3 Å². The van der Waals surface area contributed by atoms with Crippen molar-refractivity contribution < 1.29 is 50.9 Å². The highest BCUT2D eigenvalue weighted by Crippen LogP contribution is 2.40. The van der Waals surface area contributed by atoms with Gasteiger partial charge in [0.25, 0.3) is 5.91 Å². The summed E-state index contributed by atoms with van der Waals surface area (Å²) in [6.45, 7) is 13.3. The molecule has 0 aliphatic carbocycles. The van der Waals surface area contributed by atoms with Crippen LogP contribution in [0.4, 0.5) is 26.3 Å². The number of halogens is 6. The van der Waals surface area contributed by atoms with Crippen molar-refractivity contribution in [1.82, 2.24) is 39.3 Å². The Morgan fingerprint density at radius 2 is 1.41 bits per heavy atom. The monoisotopic (exact) mass is 686 g/mol. The number of likely N-dealkylation sites (N-methyl/N-ethyl adjacent to an activating group) is 2. The van der Waals surface area contributed by atoms with E-state index in [4.69, 9.17) is 19.8 Å². The predicted octanol–water partition coefficient (Wildman–Crippen LogP) is 2.52. The fraction of sp³-hybridized carbons (Fsp3) is 0.692. The predicted molar refractivity (Wildman–Crippen MR) is 151 cm³/mol. The zero-order valence-electron chi connectivity index (χ0n) is 25.4. The number of carbonyl (C=O) groups excluding carboxylic acids is 1. The molecule has 5 heterocycles. The third-order valence-electron chi connectivity index (χ3n) is 8.08. The van der Waals surface area contributed by atoms with Crippen LogP contribution in [0.1, 0.15) is 46.9 Å². The molecule has 0 unspecified atom stereocenters. The number of amides is 1. The van der Waals surface area contributed by atoms with Gasteiger partial charge in [-0.1, -0.05) is 6.92 Å². The van der Waals surface area contributed by atoms with Crippen LogP contribution in [0.3, 0.4) is 0 Å². The summed E-state index contributed by atoms with van der Waals surface area (Å²) < 4.78 is 65.6. The maximum absolute atomic E-state index is 13.3. The summed E-state index contributed by atoms with van der Waals surface area (Å²) in [7, 11) is 2.20. The highest BCUT2D eigenvalue weighted by molar-refractivity contribution is 7.09. The Kier molecular flexibility index (Phi) is 12.1. The Labute approximate surface area is 264 Å². The lowest BCUT2D eigenvalue weighted by Crippen LogP contribution is -2.56. The van der Waals surface area contributed by atoms with Crippen molar-refractivity contribution in [3.05, 3.63) is 27.7 Å². The Morgan fingerprint density at radius 1 is 0.870 bits per heavy atom. The van der Waals surface area contributed by atoms with Gasteiger partial charge in [-0.05, 0) is 33.4 Å².